The maximum Gasteiger partial charge on any atom is 0.315 e. The number of hydrogen-bond donors (Lipinski definition) is 2. The van der Waals surface area contributed by atoms with Crippen molar-refractivity contribution in [3.8, 4) is 5.75 Å². The molecule has 5 nitrogen and oxygen atoms in total. The molecule has 1 atom stereocenters. The van der Waals surface area contributed by atoms with Gasteiger partial charge in [-0.25, -0.2) is 4.79 Å². The van der Waals surface area contributed by atoms with Gasteiger partial charge in [-0.05, 0) is 44.6 Å². The molecule has 25 heavy (non-hydrogen) atoms. The zero-order valence-electron chi connectivity index (χ0n) is 15.9. The predicted molar refractivity (Wildman–Crippen MR) is 102 cm³/mol. The highest BCUT2D eigenvalue weighted by atomic mass is 16.5. The van der Waals surface area contributed by atoms with Crippen LogP contribution in [0.4, 0.5) is 4.79 Å². The minimum absolute atomic E-state index is 0.0553. The molecule has 1 fully saturated rings. The first-order valence-electron chi connectivity index (χ1n) is 9.45. The van der Waals surface area contributed by atoms with Gasteiger partial charge in [-0.1, -0.05) is 44.2 Å². The van der Waals surface area contributed by atoms with Crippen LogP contribution in [0.25, 0.3) is 0 Å². The van der Waals surface area contributed by atoms with E-state index in [0.717, 1.165) is 24.2 Å². The van der Waals surface area contributed by atoms with Crippen molar-refractivity contribution in [3.63, 3.8) is 0 Å². The lowest BCUT2D eigenvalue weighted by molar-refractivity contribution is 0.226. The molecule has 0 aliphatic heterocycles. The van der Waals surface area contributed by atoms with Gasteiger partial charge >= 0.3 is 6.03 Å². The van der Waals surface area contributed by atoms with Gasteiger partial charge in [0.1, 0.15) is 5.75 Å². The molecular weight excluding hydrogens is 314 g/mol. The molecule has 1 unspecified atom stereocenters. The van der Waals surface area contributed by atoms with Crippen LogP contribution in [-0.4, -0.2) is 44.7 Å². The molecule has 2 rings (SSSR count). The second-order valence-electron chi connectivity index (χ2n) is 7.15. The van der Waals surface area contributed by atoms with Gasteiger partial charge in [0.2, 0.25) is 0 Å². The van der Waals surface area contributed by atoms with Crippen molar-refractivity contribution in [2.45, 2.75) is 57.0 Å². The molecule has 140 valence electrons. The van der Waals surface area contributed by atoms with E-state index in [4.69, 9.17) is 4.74 Å². The van der Waals surface area contributed by atoms with E-state index in [2.05, 4.69) is 21.6 Å². The van der Waals surface area contributed by atoms with Gasteiger partial charge < -0.3 is 20.3 Å². The van der Waals surface area contributed by atoms with Crippen LogP contribution in [0.2, 0.25) is 0 Å². The molecule has 0 spiro atoms. The maximum atomic E-state index is 12.3. The molecule has 1 aromatic rings. The van der Waals surface area contributed by atoms with Crippen LogP contribution in [0.15, 0.2) is 24.3 Å². The van der Waals surface area contributed by atoms with Crippen LogP contribution in [-0.2, 0) is 0 Å². The third kappa shape index (κ3) is 6.58. The minimum atomic E-state index is -0.0553. The lowest BCUT2D eigenvalue weighted by Crippen LogP contribution is -2.45. The van der Waals surface area contributed by atoms with Gasteiger partial charge in [-0.15, -0.1) is 0 Å². The van der Waals surface area contributed by atoms with Crippen molar-refractivity contribution in [3.05, 3.63) is 29.8 Å². The topological polar surface area (TPSA) is 53.6 Å². The zero-order valence-corrected chi connectivity index (χ0v) is 15.9. The van der Waals surface area contributed by atoms with Crippen molar-refractivity contribution in [2.24, 2.45) is 0 Å². The van der Waals surface area contributed by atoms with Gasteiger partial charge in [-0.3, -0.25) is 0 Å². The van der Waals surface area contributed by atoms with Gasteiger partial charge in [0.05, 0.1) is 13.2 Å². The van der Waals surface area contributed by atoms with Crippen molar-refractivity contribution >= 4 is 6.03 Å². The van der Waals surface area contributed by atoms with E-state index in [9.17, 15) is 4.79 Å². The SMILES string of the molecule is COc1cccc(C(CNC(=O)NC2CCCCCCC2)N(C)C)c1. The zero-order chi connectivity index (χ0) is 18.1. The van der Waals surface area contributed by atoms with E-state index >= 15 is 0 Å². The number of methoxy groups -OCH3 is 1. The largest absolute Gasteiger partial charge is 0.497 e. The van der Waals surface area contributed by atoms with Crippen molar-refractivity contribution in [1.82, 2.24) is 15.5 Å². The number of urea groups is 1. The first kappa shape index (κ1) is 19.6. The van der Waals surface area contributed by atoms with E-state index in [1.165, 1.54) is 32.1 Å². The molecule has 0 radical (unpaired) electrons. The van der Waals surface area contributed by atoms with Crippen LogP contribution < -0.4 is 15.4 Å². The Kier molecular flexibility index (Phi) is 8.06. The number of nitrogens with zero attached hydrogens (tertiary/aromatic N) is 1. The van der Waals surface area contributed by atoms with E-state index < -0.39 is 0 Å². The Morgan fingerprint density at radius 3 is 2.52 bits per heavy atom. The number of carbonyl (C=O) groups excluding carboxylic acids is 1. The van der Waals surface area contributed by atoms with E-state index in [1.807, 2.05) is 32.3 Å². The Hall–Kier alpha value is -1.75. The van der Waals surface area contributed by atoms with Gasteiger partial charge in [-0.2, -0.15) is 0 Å². The van der Waals surface area contributed by atoms with Crippen LogP contribution >= 0.6 is 0 Å². The summed E-state index contributed by atoms with van der Waals surface area (Å²) < 4.78 is 5.31. The van der Waals surface area contributed by atoms with Gasteiger partial charge in [0.25, 0.3) is 0 Å². The third-order valence-corrected chi connectivity index (χ3v) is 5.00. The summed E-state index contributed by atoms with van der Waals surface area (Å²) >= 11 is 0. The minimum Gasteiger partial charge on any atom is -0.497 e. The fourth-order valence-corrected chi connectivity index (χ4v) is 3.47. The van der Waals surface area contributed by atoms with Crippen molar-refractivity contribution < 1.29 is 9.53 Å². The number of nitrogens with one attached hydrogen (secondary N) is 2. The summed E-state index contributed by atoms with van der Waals surface area (Å²) in [6.07, 6.45) is 8.55. The number of ether oxygens (including phenoxy) is 1. The second-order valence-corrected chi connectivity index (χ2v) is 7.15. The molecule has 0 aromatic heterocycles. The monoisotopic (exact) mass is 347 g/mol. The summed E-state index contributed by atoms with van der Waals surface area (Å²) in [5.74, 6) is 0.836. The fourth-order valence-electron chi connectivity index (χ4n) is 3.47. The number of rotatable bonds is 6. The molecular formula is C20H33N3O2. The normalized spacial score (nSPS) is 17.4. The summed E-state index contributed by atoms with van der Waals surface area (Å²) in [4.78, 5) is 14.4. The van der Waals surface area contributed by atoms with Gasteiger partial charge in [0.15, 0.2) is 0 Å². The summed E-state index contributed by atoms with van der Waals surface area (Å²) in [5.41, 5.74) is 1.13. The molecule has 1 aromatic carbocycles. The molecule has 5 heteroatoms. The highest BCUT2D eigenvalue weighted by molar-refractivity contribution is 5.74. The van der Waals surface area contributed by atoms with Crippen LogP contribution in [0, 0.1) is 0 Å². The predicted octanol–water partition coefficient (Wildman–Crippen LogP) is 3.71. The summed E-state index contributed by atoms with van der Waals surface area (Å²) in [5, 5.41) is 6.21. The fraction of sp³-hybridized carbons (Fsp3) is 0.650. The molecule has 2 amide bonds. The van der Waals surface area contributed by atoms with Crippen molar-refractivity contribution in [1.29, 1.82) is 0 Å². The Bertz CT molecular complexity index is 525. The Labute approximate surface area is 152 Å². The Morgan fingerprint density at radius 2 is 1.88 bits per heavy atom. The number of likely N-dealkylation sites (N-methyl/N-ethyl adjacent to an activating group) is 1. The second kappa shape index (κ2) is 10.3. The average molecular weight is 348 g/mol. The number of benzene rings is 1. The molecule has 0 heterocycles. The van der Waals surface area contributed by atoms with Crippen LogP contribution in [0.1, 0.15) is 56.6 Å². The highest BCUT2D eigenvalue weighted by Gasteiger charge is 2.18. The van der Waals surface area contributed by atoms with Crippen LogP contribution in [0.5, 0.6) is 5.75 Å². The summed E-state index contributed by atoms with van der Waals surface area (Å²) in [6, 6.07) is 8.39. The van der Waals surface area contributed by atoms with E-state index in [0.29, 0.717) is 12.6 Å². The molecule has 1 aliphatic carbocycles. The molecule has 2 N–H and O–H groups in total. The maximum absolute atomic E-state index is 12.3. The van der Waals surface area contributed by atoms with E-state index in [1.54, 1.807) is 7.11 Å². The number of amides is 2. The summed E-state index contributed by atoms with van der Waals surface area (Å²) in [6.45, 7) is 0.568. The smallest absolute Gasteiger partial charge is 0.315 e. The Balaban J connectivity index is 1.88. The first-order valence-corrected chi connectivity index (χ1v) is 9.45. The standard InChI is InChI=1S/C20H33N3O2/c1-23(2)19(16-10-9-13-18(14-16)25-3)15-21-20(24)22-17-11-7-5-4-6-8-12-17/h9-10,13-14,17,19H,4-8,11-12,15H2,1-3H3,(H2,21,22,24). The highest BCUT2D eigenvalue weighted by Crippen LogP contribution is 2.22. The molecule has 0 saturated heterocycles. The molecule has 1 saturated carbocycles. The first-order chi connectivity index (χ1) is 12.1. The lowest BCUT2D eigenvalue weighted by atomic mass is 9.97. The lowest BCUT2D eigenvalue weighted by Gasteiger charge is -2.26. The third-order valence-electron chi connectivity index (χ3n) is 5.00. The molecule has 1 aliphatic rings. The van der Waals surface area contributed by atoms with Crippen LogP contribution in [0.3, 0.4) is 0 Å². The number of hydrogen-bond acceptors (Lipinski definition) is 3. The van der Waals surface area contributed by atoms with E-state index in [-0.39, 0.29) is 12.1 Å². The summed E-state index contributed by atoms with van der Waals surface area (Å²) in [7, 11) is 5.72. The Morgan fingerprint density at radius 1 is 1.20 bits per heavy atom. The quantitative estimate of drug-likeness (QED) is 0.825. The van der Waals surface area contributed by atoms with Gasteiger partial charge in [0, 0.05) is 12.6 Å². The molecule has 0 bridgehead atoms. The number of carbonyl (C=O) groups is 1. The van der Waals surface area contributed by atoms with Crippen molar-refractivity contribution in [2.75, 3.05) is 27.7 Å². The average Bonchev–Trinajstić information content (AvgIpc) is 2.57.